The Hall–Kier alpha value is -1.00. The molecule has 0 aliphatic carbocycles. The minimum atomic E-state index is -0.816. The second kappa shape index (κ2) is 4.11. The molecule has 4 heteroatoms. The Labute approximate surface area is 93.5 Å². The zero-order valence-corrected chi connectivity index (χ0v) is 9.21. The molecule has 1 heterocycles. The van der Waals surface area contributed by atoms with Crippen LogP contribution in [0.25, 0.3) is 0 Å². The summed E-state index contributed by atoms with van der Waals surface area (Å²) >= 11 is 0. The van der Waals surface area contributed by atoms with Crippen LogP contribution in [-0.4, -0.2) is 28.7 Å². The molecule has 0 spiro atoms. The maximum absolute atomic E-state index is 13.4. The number of hydrogen-bond donors (Lipinski definition) is 1. The summed E-state index contributed by atoms with van der Waals surface area (Å²) < 4.78 is 26.3. The van der Waals surface area contributed by atoms with Crippen molar-refractivity contribution in [3.8, 4) is 0 Å². The highest BCUT2D eigenvalue weighted by molar-refractivity contribution is 5.19. The van der Waals surface area contributed by atoms with Gasteiger partial charge in [0.15, 0.2) is 11.6 Å². The molecule has 0 saturated carbocycles. The van der Waals surface area contributed by atoms with Crippen molar-refractivity contribution in [1.29, 1.82) is 0 Å². The number of likely N-dealkylation sites (tertiary alicyclic amines) is 1. The molecule has 1 fully saturated rings. The maximum atomic E-state index is 13.4. The van der Waals surface area contributed by atoms with Crippen LogP contribution < -0.4 is 0 Å². The Morgan fingerprint density at radius 3 is 2.81 bits per heavy atom. The Bertz CT molecular complexity index is 393. The molecule has 0 amide bonds. The third kappa shape index (κ3) is 2.39. The number of halogens is 2. The van der Waals surface area contributed by atoms with Gasteiger partial charge in [0.2, 0.25) is 0 Å². The number of rotatable bonds is 2. The smallest absolute Gasteiger partial charge is 0.163 e. The summed E-state index contributed by atoms with van der Waals surface area (Å²) in [6.45, 7) is 3.32. The second-order valence-electron chi connectivity index (χ2n) is 4.67. The van der Waals surface area contributed by atoms with Crippen LogP contribution >= 0.6 is 0 Å². The molecule has 1 aromatic rings. The fourth-order valence-electron chi connectivity index (χ4n) is 2.09. The van der Waals surface area contributed by atoms with E-state index in [1.165, 1.54) is 6.07 Å². The van der Waals surface area contributed by atoms with Crippen molar-refractivity contribution in [2.24, 2.45) is 0 Å². The van der Waals surface area contributed by atoms with Gasteiger partial charge < -0.3 is 5.11 Å². The Morgan fingerprint density at radius 2 is 2.19 bits per heavy atom. The van der Waals surface area contributed by atoms with E-state index in [4.69, 9.17) is 0 Å². The zero-order valence-electron chi connectivity index (χ0n) is 9.21. The van der Waals surface area contributed by atoms with Gasteiger partial charge in [-0.15, -0.1) is 0 Å². The van der Waals surface area contributed by atoms with Crippen LogP contribution in [0.5, 0.6) is 0 Å². The molecular weight excluding hydrogens is 212 g/mol. The summed E-state index contributed by atoms with van der Waals surface area (Å²) in [7, 11) is 0. The highest BCUT2D eigenvalue weighted by Crippen LogP contribution is 2.23. The first-order chi connectivity index (χ1) is 7.48. The Kier molecular flexibility index (Phi) is 2.95. The predicted octanol–water partition coefficient (Wildman–Crippen LogP) is 1.92. The van der Waals surface area contributed by atoms with Crippen molar-refractivity contribution in [1.82, 2.24) is 4.90 Å². The first kappa shape index (κ1) is 11.5. The molecule has 2 nitrogen and oxygen atoms in total. The number of benzene rings is 1. The Morgan fingerprint density at radius 1 is 1.44 bits per heavy atom. The molecule has 1 saturated heterocycles. The van der Waals surface area contributed by atoms with E-state index in [1.54, 1.807) is 13.0 Å². The first-order valence-electron chi connectivity index (χ1n) is 5.35. The Balaban J connectivity index is 2.08. The summed E-state index contributed by atoms with van der Waals surface area (Å²) in [6, 6.07) is 4.19. The average Bonchev–Trinajstić information content (AvgIpc) is 2.53. The molecule has 16 heavy (non-hydrogen) atoms. The molecule has 1 aromatic carbocycles. The molecule has 1 aliphatic rings. The van der Waals surface area contributed by atoms with Crippen molar-refractivity contribution in [2.45, 2.75) is 25.5 Å². The zero-order chi connectivity index (χ0) is 11.8. The van der Waals surface area contributed by atoms with Crippen molar-refractivity contribution in [2.75, 3.05) is 13.1 Å². The van der Waals surface area contributed by atoms with Gasteiger partial charge in [0.25, 0.3) is 0 Å². The molecule has 1 atom stereocenters. The highest BCUT2D eigenvalue weighted by atomic mass is 19.2. The van der Waals surface area contributed by atoms with Gasteiger partial charge in [-0.25, -0.2) is 8.78 Å². The lowest BCUT2D eigenvalue weighted by molar-refractivity contribution is 0.0677. The van der Waals surface area contributed by atoms with Crippen molar-refractivity contribution < 1.29 is 13.9 Å². The summed E-state index contributed by atoms with van der Waals surface area (Å²) in [5.74, 6) is -1.60. The molecule has 1 N–H and O–H groups in total. The minimum absolute atomic E-state index is 0.345. The SMILES string of the molecule is CC1(O)CCN(Cc2cccc(F)c2F)C1. The number of nitrogens with zero attached hydrogens (tertiary/aromatic N) is 1. The van der Waals surface area contributed by atoms with Gasteiger partial charge in [-0.2, -0.15) is 0 Å². The van der Waals surface area contributed by atoms with E-state index in [-0.39, 0.29) is 0 Å². The molecule has 2 rings (SSSR count). The standard InChI is InChI=1S/C12H15F2NO/c1-12(16)5-6-15(8-12)7-9-3-2-4-10(13)11(9)14/h2-4,16H,5-8H2,1H3. The van der Waals surface area contributed by atoms with Gasteiger partial charge in [-0.05, 0) is 19.4 Å². The van der Waals surface area contributed by atoms with Gasteiger partial charge in [-0.3, -0.25) is 4.90 Å². The number of hydrogen-bond acceptors (Lipinski definition) is 2. The summed E-state index contributed by atoms with van der Waals surface area (Å²) in [4.78, 5) is 1.93. The van der Waals surface area contributed by atoms with Gasteiger partial charge in [0.05, 0.1) is 5.60 Å². The average molecular weight is 227 g/mol. The predicted molar refractivity (Wildman–Crippen MR) is 56.9 cm³/mol. The quantitative estimate of drug-likeness (QED) is 0.834. The van der Waals surface area contributed by atoms with Crippen molar-refractivity contribution >= 4 is 0 Å². The maximum Gasteiger partial charge on any atom is 0.163 e. The lowest BCUT2D eigenvalue weighted by Gasteiger charge is -2.19. The van der Waals surface area contributed by atoms with E-state index in [0.717, 1.165) is 6.07 Å². The molecule has 0 bridgehead atoms. The van der Waals surface area contributed by atoms with Crippen LogP contribution in [0.4, 0.5) is 8.78 Å². The van der Waals surface area contributed by atoms with Crippen LogP contribution in [0.2, 0.25) is 0 Å². The van der Waals surface area contributed by atoms with Crippen molar-refractivity contribution in [3.05, 3.63) is 35.4 Å². The van der Waals surface area contributed by atoms with Crippen molar-refractivity contribution in [3.63, 3.8) is 0 Å². The van der Waals surface area contributed by atoms with E-state index in [2.05, 4.69) is 0 Å². The van der Waals surface area contributed by atoms with Crippen LogP contribution in [-0.2, 0) is 6.54 Å². The molecule has 1 unspecified atom stereocenters. The second-order valence-corrected chi connectivity index (χ2v) is 4.67. The normalized spacial score (nSPS) is 26.2. The number of β-amino-alcohol motifs (C(OH)–C–C–N with tert-alkyl or cyclic N) is 1. The summed E-state index contributed by atoms with van der Waals surface area (Å²) in [5.41, 5.74) is -0.359. The topological polar surface area (TPSA) is 23.5 Å². The van der Waals surface area contributed by atoms with Gasteiger partial charge in [0, 0.05) is 25.2 Å². The van der Waals surface area contributed by atoms with E-state index in [0.29, 0.717) is 31.6 Å². The van der Waals surface area contributed by atoms with E-state index < -0.39 is 17.2 Å². The fraction of sp³-hybridized carbons (Fsp3) is 0.500. The molecule has 0 aromatic heterocycles. The van der Waals surface area contributed by atoms with Gasteiger partial charge in [-0.1, -0.05) is 12.1 Å². The highest BCUT2D eigenvalue weighted by Gasteiger charge is 2.31. The molecular formula is C12H15F2NO. The van der Waals surface area contributed by atoms with Crippen LogP contribution in [0.15, 0.2) is 18.2 Å². The third-order valence-electron chi connectivity index (χ3n) is 2.96. The molecule has 88 valence electrons. The van der Waals surface area contributed by atoms with E-state index >= 15 is 0 Å². The lowest BCUT2D eigenvalue weighted by atomic mass is 10.1. The summed E-state index contributed by atoms with van der Waals surface area (Å²) in [6.07, 6.45) is 0.671. The third-order valence-corrected chi connectivity index (χ3v) is 2.96. The van der Waals surface area contributed by atoms with Gasteiger partial charge >= 0.3 is 0 Å². The minimum Gasteiger partial charge on any atom is -0.389 e. The van der Waals surface area contributed by atoms with Gasteiger partial charge in [0.1, 0.15) is 0 Å². The fourth-order valence-corrected chi connectivity index (χ4v) is 2.09. The molecule has 0 radical (unpaired) electrons. The first-order valence-corrected chi connectivity index (χ1v) is 5.35. The van der Waals surface area contributed by atoms with Crippen LogP contribution in [0.1, 0.15) is 18.9 Å². The monoisotopic (exact) mass is 227 g/mol. The largest absolute Gasteiger partial charge is 0.389 e. The summed E-state index contributed by atoms with van der Waals surface area (Å²) in [5, 5.41) is 9.76. The lowest BCUT2D eigenvalue weighted by Crippen LogP contribution is -2.29. The van der Waals surface area contributed by atoms with Crippen LogP contribution in [0, 0.1) is 11.6 Å². The van der Waals surface area contributed by atoms with E-state index in [9.17, 15) is 13.9 Å². The molecule has 1 aliphatic heterocycles. The number of aliphatic hydroxyl groups is 1. The van der Waals surface area contributed by atoms with E-state index in [1.807, 2.05) is 4.90 Å². The van der Waals surface area contributed by atoms with Crippen LogP contribution in [0.3, 0.4) is 0 Å².